The van der Waals surface area contributed by atoms with Crippen LogP contribution < -0.4 is 4.90 Å². The van der Waals surface area contributed by atoms with E-state index < -0.39 is 0 Å². The molecule has 0 aliphatic carbocycles. The minimum Gasteiger partial charge on any atom is -0.338 e. The summed E-state index contributed by atoms with van der Waals surface area (Å²) in [7, 11) is 3.50. The van der Waals surface area contributed by atoms with Gasteiger partial charge in [-0.2, -0.15) is 10.2 Å². The number of urea groups is 1. The number of fused-ring (bicyclic) bond motifs is 2. The van der Waals surface area contributed by atoms with Crippen molar-refractivity contribution in [1.82, 2.24) is 24.9 Å². The minimum atomic E-state index is -0.249. The van der Waals surface area contributed by atoms with Crippen LogP contribution >= 0.6 is 0 Å². The molecule has 0 unspecified atom stereocenters. The maximum atomic E-state index is 14.2. The number of rotatable bonds is 2. The Kier molecular flexibility index (Phi) is 5.97. The molecule has 34 heavy (non-hydrogen) atoms. The zero-order valence-corrected chi connectivity index (χ0v) is 19.8. The van der Waals surface area contributed by atoms with E-state index in [-0.39, 0.29) is 23.2 Å². The molecule has 0 N–H and O–H groups in total. The van der Waals surface area contributed by atoms with Crippen molar-refractivity contribution in [3.8, 4) is 0 Å². The molecule has 1 aromatic heterocycles. The fourth-order valence-electron chi connectivity index (χ4n) is 5.83. The van der Waals surface area contributed by atoms with Gasteiger partial charge in [0.2, 0.25) is 0 Å². The van der Waals surface area contributed by atoms with Crippen molar-refractivity contribution in [2.24, 2.45) is 0 Å². The number of aromatic nitrogens is 2. The van der Waals surface area contributed by atoms with Crippen LogP contribution in [0.15, 0.2) is 36.7 Å². The highest BCUT2D eigenvalue weighted by atomic mass is 19.1. The fourth-order valence-corrected chi connectivity index (χ4v) is 5.83. The summed E-state index contributed by atoms with van der Waals surface area (Å²) in [4.78, 5) is 33.4. The van der Waals surface area contributed by atoms with Crippen molar-refractivity contribution in [3.63, 3.8) is 0 Å². The van der Waals surface area contributed by atoms with E-state index in [9.17, 15) is 14.0 Å². The third kappa shape index (κ3) is 4.02. The molecule has 0 saturated carbocycles. The lowest BCUT2D eigenvalue weighted by molar-refractivity contribution is 0.0530. The first kappa shape index (κ1) is 22.7. The summed E-state index contributed by atoms with van der Waals surface area (Å²) in [6.07, 6.45) is 6.72. The molecular formula is C25H31FN6O2. The first-order chi connectivity index (χ1) is 16.4. The Morgan fingerprint density at radius 2 is 1.79 bits per heavy atom. The van der Waals surface area contributed by atoms with E-state index in [1.807, 2.05) is 9.80 Å². The van der Waals surface area contributed by atoms with E-state index in [0.717, 1.165) is 63.1 Å². The molecular weight excluding hydrogens is 435 g/mol. The molecule has 2 saturated heterocycles. The standard InChI is InChI=1S/C25H31FN6O2/c1-29(2)24(34)32-17-25(21-15-19(26)3-4-22(21)32)8-13-30(14-9-25)20-6-11-31(12-7-20)23(33)18-5-10-27-28-16-18/h3-5,10,15-16,20H,6-9,11-14,17H2,1-2H3. The lowest BCUT2D eigenvalue weighted by Gasteiger charge is -2.45. The topological polar surface area (TPSA) is 72.9 Å². The van der Waals surface area contributed by atoms with Gasteiger partial charge in [0.25, 0.3) is 5.91 Å². The van der Waals surface area contributed by atoms with Crippen LogP contribution in [0.3, 0.4) is 0 Å². The minimum absolute atomic E-state index is 0.0150. The van der Waals surface area contributed by atoms with Crippen LogP contribution in [0.5, 0.6) is 0 Å². The van der Waals surface area contributed by atoms with Crippen molar-refractivity contribution in [2.75, 3.05) is 51.7 Å². The molecule has 8 nitrogen and oxygen atoms in total. The summed E-state index contributed by atoms with van der Waals surface area (Å²) >= 11 is 0. The first-order valence-corrected chi connectivity index (χ1v) is 12.0. The van der Waals surface area contributed by atoms with Gasteiger partial charge >= 0.3 is 6.03 Å². The van der Waals surface area contributed by atoms with Crippen molar-refractivity contribution in [1.29, 1.82) is 0 Å². The van der Waals surface area contributed by atoms with Crippen LogP contribution in [0.25, 0.3) is 0 Å². The number of hydrogen-bond acceptors (Lipinski definition) is 5. The lowest BCUT2D eigenvalue weighted by Crippen LogP contribution is -2.52. The van der Waals surface area contributed by atoms with Gasteiger partial charge in [-0.1, -0.05) is 0 Å². The van der Waals surface area contributed by atoms with Gasteiger partial charge in [0.1, 0.15) is 5.82 Å². The van der Waals surface area contributed by atoms with E-state index >= 15 is 0 Å². The molecule has 2 aromatic rings. The van der Waals surface area contributed by atoms with Crippen LogP contribution in [0.2, 0.25) is 0 Å². The van der Waals surface area contributed by atoms with Crippen LogP contribution in [0.4, 0.5) is 14.9 Å². The predicted molar refractivity (Wildman–Crippen MR) is 126 cm³/mol. The number of anilines is 1. The van der Waals surface area contributed by atoms with Crippen LogP contribution in [0.1, 0.15) is 41.6 Å². The Bertz CT molecular complexity index is 1060. The van der Waals surface area contributed by atoms with E-state index in [1.165, 1.54) is 12.3 Å². The number of likely N-dealkylation sites (tertiary alicyclic amines) is 2. The summed E-state index contributed by atoms with van der Waals surface area (Å²) < 4.78 is 14.2. The van der Waals surface area contributed by atoms with Crippen LogP contribution in [0, 0.1) is 5.82 Å². The van der Waals surface area contributed by atoms with Crippen molar-refractivity contribution in [3.05, 3.63) is 53.6 Å². The van der Waals surface area contributed by atoms with Gasteiger partial charge in [-0.25, -0.2) is 9.18 Å². The van der Waals surface area contributed by atoms with Gasteiger partial charge < -0.3 is 14.7 Å². The molecule has 9 heteroatoms. The zero-order chi connectivity index (χ0) is 23.9. The number of amides is 3. The van der Waals surface area contributed by atoms with Crippen LogP contribution in [-0.4, -0.2) is 89.7 Å². The largest absolute Gasteiger partial charge is 0.338 e. The average Bonchev–Trinajstić information content (AvgIpc) is 3.17. The maximum absolute atomic E-state index is 14.2. The summed E-state index contributed by atoms with van der Waals surface area (Å²) in [6.45, 7) is 3.88. The van der Waals surface area contributed by atoms with Gasteiger partial charge in [-0.15, -0.1) is 0 Å². The number of piperidine rings is 2. The molecule has 3 aliphatic rings. The second-order valence-electron chi connectivity index (χ2n) is 9.90. The third-order valence-electron chi connectivity index (χ3n) is 7.75. The highest BCUT2D eigenvalue weighted by molar-refractivity contribution is 5.95. The molecule has 4 heterocycles. The summed E-state index contributed by atoms with van der Waals surface area (Å²) in [6, 6.07) is 6.90. The number of benzene rings is 1. The van der Waals surface area contributed by atoms with E-state index in [2.05, 4.69) is 15.1 Å². The SMILES string of the molecule is CN(C)C(=O)N1CC2(CCN(C3CCN(C(=O)c4ccnnc4)CC3)CC2)c2cc(F)ccc21. The highest BCUT2D eigenvalue weighted by Gasteiger charge is 2.47. The number of hydrogen-bond donors (Lipinski definition) is 0. The van der Waals surface area contributed by atoms with E-state index in [1.54, 1.807) is 43.4 Å². The fraction of sp³-hybridized carbons (Fsp3) is 0.520. The number of halogens is 1. The molecule has 3 aliphatic heterocycles. The Hall–Kier alpha value is -3.07. The molecule has 1 spiro atoms. The number of carbonyl (C=O) groups is 2. The number of carbonyl (C=O) groups excluding carboxylic acids is 2. The Labute approximate surface area is 199 Å². The number of nitrogens with zero attached hydrogens (tertiary/aromatic N) is 6. The van der Waals surface area contributed by atoms with E-state index in [0.29, 0.717) is 18.2 Å². The molecule has 0 radical (unpaired) electrons. The Balaban J connectivity index is 1.23. The molecule has 2 fully saturated rings. The van der Waals surface area contributed by atoms with E-state index in [4.69, 9.17) is 0 Å². The van der Waals surface area contributed by atoms with Gasteiger partial charge in [-0.05, 0) is 68.6 Å². The molecule has 3 amide bonds. The average molecular weight is 467 g/mol. The summed E-state index contributed by atoms with van der Waals surface area (Å²) in [5, 5.41) is 7.56. The lowest BCUT2D eigenvalue weighted by atomic mass is 9.74. The maximum Gasteiger partial charge on any atom is 0.323 e. The smallest absolute Gasteiger partial charge is 0.323 e. The van der Waals surface area contributed by atoms with Crippen LogP contribution in [-0.2, 0) is 5.41 Å². The zero-order valence-electron chi connectivity index (χ0n) is 19.8. The molecule has 0 atom stereocenters. The first-order valence-electron chi connectivity index (χ1n) is 12.0. The Morgan fingerprint density at radius 3 is 2.44 bits per heavy atom. The second-order valence-corrected chi connectivity index (χ2v) is 9.90. The van der Waals surface area contributed by atoms with Crippen molar-refractivity contribution >= 4 is 17.6 Å². The Morgan fingerprint density at radius 1 is 1.06 bits per heavy atom. The molecule has 5 rings (SSSR count). The molecule has 180 valence electrons. The summed E-state index contributed by atoms with van der Waals surface area (Å²) in [5.74, 6) is -0.234. The second kappa shape index (κ2) is 8.94. The summed E-state index contributed by atoms with van der Waals surface area (Å²) in [5.41, 5.74) is 2.18. The highest BCUT2D eigenvalue weighted by Crippen LogP contribution is 2.48. The molecule has 0 bridgehead atoms. The molecule has 1 aromatic carbocycles. The monoisotopic (exact) mass is 466 g/mol. The van der Waals surface area contributed by atoms with Gasteiger partial charge in [0, 0.05) is 50.9 Å². The van der Waals surface area contributed by atoms with Crippen molar-refractivity contribution in [2.45, 2.75) is 37.1 Å². The quantitative estimate of drug-likeness (QED) is 0.681. The van der Waals surface area contributed by atoms with Gasteiger partial charge in [-0.3, -0.25) is 9.69 Å². The normalized spacial score (nSPS) is 20.4. The van der Waals surface area contributed by atoms with Gasteiger partial charge in [0.05, 0.1) is 18.0 Å². The van der Waals surface area contributed by atoms with Gasteiger partial charge in [0.15, 0.2) is 0 Å². The third-order valence-corrected chi connectivity index (χ3v) is 7.75. The van der Waals surface area contributed by atoms with Crippen molar-refractivity contribution < 1.29 is 14.0 Å². The predicted octanol–water partition coefficient (Wildman–Crippen LogP) is 2.76.